The molecule has 1 aliphatic rings. The molecule has 0 spiro atoms. The second-order valence-corrected chi connectivity index (χ2v) is 3.84. The Balaban J connectivity index is 2.11. The topological polar surface area (TPSA) is 84.3 Å². The minimum atomic E-state index is -1.04. The van der Waals surface area contributed by atoms with Crippen molar-refractivity contribution in [2.24, 2.45) is 0 Å². The van der Waals surface area contributed by atoms with Crippen LogP contribution in [0.25, 0.3) is 0 Å². The smallest absolute Gasteiger partial charge is 0.367 e. The van der Waals surface area contributed by atoms with Gasteiger partial charge in [0.15, 0.2) is 0 Å². The Morgan fingerprint density at radius 1 is 1.64 bits per heavy atom. The summed E-state index contributed by atoms with van der Waals surface area (Å²) in [6, 6.07) is -0.0191. The number of aromatic nitrogens is 2. The number of nitrogens with one attached hydrogen (secondary N) is 1. The lowest BCUT2D eigenvalue weighted by Gasteiger charge is -2.21. The van der Waals surface area contributed by atoms with Gasteiger partial charge in [0.05, 0.1) is 19.3 Å². The van der Waals surface area contributed by atoms with Gasteiger partial charge in [0.2, 0.25) is 5.01 Å². The first-order valence-corrected chi connectivity index (χ1v) is 4.97. The zero-order valence-corrected chi connectivity index (χ0v) is 8.08. The molecule has 1 atom stereocenters. The van der Waals surface area contributed by atoms with Crippen LogP contribution >= 0.6 is 11.3 Å². The third kappa shape index (κ3) is 1.89. The van der Waals surface area contributed by atoms with Crippen LogP contribution in [0.3, 0.4) is 0 Å². The summed E-state index contributed by atoms with van der Waals surface area (Å²) in [4.78, 5) is 10.6. The fourth-order valence-corrected chi connectivity index (χ4v) is 1.93. The molecule has 2 N–H and O–H groups in total. The lowest BCUT2D eigenvalue weighted by atomic mass is 10.3. The highest BCUT2D eigenvalue weighted by molar-refractivity contribution is 7.13. The van der Waals surface area contributed by atoms with Gasteiger partial charge in [0.25, 0.3) is 0 Å². The normalized spacial score (nSPS) is 22.1. The summed E-state index contributed by atoms with van der Waals surface area (Å²) >= 11 is 1.08. The maximum Gasteiger partial charge on any atom is 0.367 e. The minimum Gasteiger partial charge on any atom is -0.476 e. The van der Waals surface area contributed by atoms with E-state index in [4.69, 9.17) is 9.84 Å². The molecule has 7 heteroatoms. The Morgan fingerprint density at radius 2 is 2.50 bits per heavy atom. The van der Waals surface area contributed by atoms with E-state index in [-0.39, 0.29) is 11.0 Å². The van der Waals surface area contributed by atoms with Crippen LogP contribution in [0.5, 0.6) is 0 Å². The Morgan fingerprint density at radius 3 is 3.07 bits per heavy atom. The number of morpholine rings is 1. The standard InChI is InChI=1S/C7H9N3O3S/c11-7(12)6-10-9-5(14-6)4-3-13-2-1-8-4/h4,8H,1-3H2,(H,11,12). The number of hydrogen-bond acceptors (Lipinski definition) is 6. The Kier molecular flexibility index (Phi) is 2.71. The largest absolute Gasteiger partial charge is 0.476 e. The number of ether oxygens (including phenoxy) is 1. The van der Waals surface area contributed by atoms with Crippen molar-refractivity contribution in [2.45, 2.75) is 6.04 Å². The van der Waals surface area contributed by atoms with E-state index >= 15 is 0 Å². The quantitative estimate of drug-likeness (QED) is 0.716. The fourth-order valence-electron chi connectivity index (χ4n) is 1.19. The third-order valence-electron chi connectivity index (χ3n) is 1.84. The molecule has 1 aliphatic heterocycles. The average Bonchev–Trinajstić information content (AvgIpc) is 2.68. The molecule has 1 aromatic rings. The highest BCUT2D eigenvalue weighted by Crippen LogP contribution is 2.19. The maximum absolute atomic E-state index is 10.6. The van der Waals surface area contributed by atoms with Crippen LogP contribution in [0.4, 0.5) is 0 Å². The van der Waals surface area contributed by atoms with Crippen molar-refractivity contribution < 1.29 is 14.6 Å². The molecule has 0 aromatic carbocycles. The van der Waals surface area contributed by atoms with E-state index in [1.165, 1.54) is 0 Å². The van der Waals surface area contributed by atoms with Crippen molar-refractivity contribution in [3.63, 3.8) is 0 Å². The second-order valence-electron chi connectivity index (χ2n) is 2.83. The summed E-state index contributed by atoms with van der Waals surface area (Å²) in [5.74, 6) is -1.04. The Bertz CT molecular complexity index is 335. The lowest BCUT2D eigenvalue weighted by Crippen LogP contribution is -2.34. The molecule has 0 aliphatic carbocycles. The van der Waals surface area contributed by atoms with E-state index in [1.54, 1.807) is 0 Å². The maximum atomic E-state index is 10.6. The summed E-state index contributed by atoms with van der Waals surface area (Å²) in [6.45, 7) is 1.96. The molecule has 6 nitrogen and oxygen atoms in total. The second kappa shape index (κ2) is 3.99. The molecule has 0 radical (unpaired) electrons. The highest BCUT2D eigenvalue weighted by Gasteiger charge is 2.21. The van der Waals surface area contributed by atoms with Crippen LogP contribution in [0.2, 0.25) is 0 Å². The van der Waals surface area contributed by atoms with Gasteiger partial charge in [0.1, 0.15) is 5.01 Å². The fraction of sp³-hybridized carbons (Fsp3) is 0.571. The molecule has 0 saturated carbocycles. The van der Waals surface area contributed by atoms with Gasteiger partial charge in [-0.15, -0.1) is 10.2 Å². The van der Waals surface area contributed by atoms with Crippen LogP contribution < -0.4 is 5.32 Å². The summed E-state index contributed by atoms with van der Waals surface area (Å²) in [7, 11) is 0. The van der Waals surface area contributed by atoms with Crippen molar-refractivity contribution >= 4 is 17.3 Å². The first-order chi connectivity index (χ1) is 6.77. The summed E-state index contributed by atoms with van der Waals surface area (Å²) in [5.41, 5.74) is 0. The van der Waals surface area contributed by atoms with Gasteiger partial charge in [-0.25, -0.2) is 4.79 Å². The van der Waals surface area contributed by atoms with Gasteiger partial charge < -0.3 is 15.2 Å². The van der Waals surface area contributed by atoms with E-state index in [0.29, 0.717) is 18.2 Å². The number of carboxylic acid groups (broad SMARTS) is 1. The van der Waals surface area contributed by atoms with Crippen LogP contribution in [-0.4, -0.2) is 41.0 Å². The van der Waals surface area contributed by atoms with Crippen molar-refractivity contribution in [3.05, 3.63) is 10.0 Å². The van der Waals surface area contributed by atoms with Gasteiger partial charge >= 0.3 is 5.97 Å². The van der Waals surface area contributed by atoms with E-state index in [0.717, 1.165) is 17.9 Å². The molecular weight excluding hydrogens is 206 g/mol. The molecule has 0 amide bonds. The van der Waals surface area contributed by atoms with E-state index in [1.807, 2.05) is 0 Å². The highest BCUT2D eigenvalue weighted by atomic mass is 32.1. The van der Waals surface area contributed by atoms with Crippen LogP contribution in [0.15, 0.2) is 0 Å². The monoisotopic (exact) mass is 215 g/mol. The zero-order valence-electron chi connectivity index (χ0n) is 7.27. The number of carbonyl (C=O) groups is 1. The van der Waals surface area contributed by atoms with Crippen molar-refractivity contribution in [3.8, 4) is 0 Å². The predicted molar refractivity (Wildman–Crippen MR) is 48.4 cm³/mol. The number of aromatic carboxylic acids is 1. The molecule has 0 bridgehead atoms. The van der Waals surface area contributed by atoms with Crippen LogP contribution in [0.1, 0.15) is 20.9 Å². The van der Waals surface area contributed by atoms with Gasteiger partial charge in [-0.3, -0.25) is 0 Å². The molecule has 14 heavy (non-hydrogen) atoms. The van der Waals surface area contributed by atoms with Gasteiger partial charge in [-0.1, -0.05) is 11.3 Å². The number of nitrogens with zero attached hydrogens (tertiary/aromatic N) is 2. The number of rotatable bonds is 2. The predicted octanol–water partition coefficient (Wildman–Crippen LogP) is -0.103. The van der Waals surface area contributed by atoms with Gasteiger partial charge in [0, 0.05) is 6.54 Å². The van der Waals surface area contributed by atoms with Crippen LogP contribution in [-0.2, 0) is 4.74 Å². The molecule has 1 aromatic heterocycles. The third-order valence-corrected chi connectivity index (χ3v) is 2.87. The SMILES string of the molecule is O=C(O)c1nnc(C2COCCN2)s1. The summed E-state index contributed by atoms with van der Waals surface area (Å²) in [6.07, 6.45) is 0. The molecule has 1 unspecified atom stereocenters. The first-order valence-electron chi connectivity index (χ1n) is 4.15. The van der Waals surface area contributed by atoms with E-state index in [2.05, 4.69) is 15.5 Å². The molecule has 1 saturated heterocycles. The lowest BCUT2D eigenvalue weighted by molar-refractivity contribution is 0.0695. The van der Waals surface area contributed by atoms with Crippen molar-refractivity contribution in [2.75, 3.05) is 19.8 Å². The Labute approximate surface area is 83.9 Å². The molecule has 1 fully saturated rings. The average molecular weight is 215 g/mol. The van der Waals surface area contributed by atoms with Crippen LogP contribution in [0, 0.1) is 0 Å². The minimum absolute atomic E-state index is 0.0191. The molecule has 76 valence electrons. The van der Waals surface area contributed by atoms with Crippen molar-refractivity contribution in [1.29, 1.82) is 0 Å². The van der Waals surface area contributed by atoms with E-state index < -0.39 is 5.97 Å². The molecule has 2 heterocycles. The molecular formula is C7H9N3O3S. The zero-order chi connectivity index (χ0) is 9.97. The van der Waals surface area contributed by atoms with Crippen molar-refractivity contribution in [1.82, 2.24) is 15.5 Å². The number of carboxylic acids is 1. The first kappa shape index (κ1) is 9.50. The number of hydrogen-bond donors (Lipinski definition) is 2. The molecule has 2 rings (SSSR count). The summed E-state index contributed by atoms with van der Waals surface area (Å²) < 4.78 is 5.24. The Hall–Kier alpha value is -1.05. The van der Waals surface area contributed by atoms with E-state index in [9.17, 15) is 4.79 Å². The van der Waals surface area contributed by atoms with Gasteiger partial charge in [-0.05, 0) is 0 Å². The van der Waals surface area contributed by atoms with Gasteiger partial charge in [-0.2, -0.15) is 0 Å². The summed E-state index contributed by atoms with van der Waals surface area (Å²) in [5, 5.41) is 19.9.